The Hall–Kier alpha value is -3.28. The number of carbonyl (C=O) groups excluding carboxylic acids is 2. The van der Waals surface area contributed by atoms with Gasteiger partial charge in [-0.15, -0.1) is 0 Å². The highest BCUT2D eigenvalue weighted by molar-refractivity contribution is 5.93. The number of benzene rings is 2. The van der Waals surface area contributed by atoms with E-state index in [0.29, 0.717) is 25.1 Å². The summed E-state index contributed by atoms with van der Waals surface area (Å²) in [5, 5.41) is 5.92. The molecule has 0 aromatic heterocycles. The molecular weight excluding hydrogens is 354 g/mol. The van der Waals surface area contributed by atoms with Crippen molar-refractivity contribution in [1.29, 1.82) is 0 Å². The molecule has 28 heavy (non-hydrogen) atoms. The fourth-order valence-electron chi connectivity index (χ4n) is 2.44. The first kappa shape index (κ1) is 21.0. The van der Waals surface area contributed by atoms with E-state index in [1.807, 2.05) is 24.3 Å². The molecule has 2 aromatic rings. The molecule has 2 rings (SSSR count). The van der Waals surface area contributed by atoms with Crippen LogP contribution >= 0.6 is 0 Å². The molecule has 0 aliphatic rings. The fraction of sp³-hybridized carbons (Fsp3) is 0.273. The maximum atomic E-state index is 12.1. The highest BCUT2D eigenvalue weighted by Crippen LogP contribution is 2.16. The van der Waals surface area contributed by atoms with Crippen LogP contribution in [0.3, 0.4) is 0 Å². The van der Waals surface area contributed by atoms with Crippen LogP contribution in [0, 0.1) is 0 Å². The summed E-state index contributed by atoms with van der Waals surface area (Å²) < 4.78 is 5.41. The van der Waals surface area contributed by atoms with Crippen LogP contribution in [0.4, 0.5) is 11.4 Å². The number of rotatable bonds is 10. The minimum atomic E-state index is -0.139. The number of amides is 2. The van der Waals surface area contributed by atoms with Crippen molar-refractivity contribution < 1.29 is 14.3 Å². The van der Waals surface area contributed by atoms with Gasteiger partial charge in [-0.1, -0.05) is 24.8 Å². The molecule has 0 radical (unpaired) electrons. The predicted molar refractivity (Wildman–Crippen MR) is 113 cm³/mol. The molecule has 6 nitrogen and oxygen atoms in total. The molecule has 6 heteroatoms. The van der Waals surface area contributed by atoms with Crippen LogP contribution in [0.15, 0.2) is 61.2 Å². The summed E-state index contributed by atoms with van der Waals surface area (Å²) in [4.78, 5) is 25.3. The van der Waals surface area contributed by atoms with Gasteiger partial charge in [0, 0.05) is 31.9 Å². The van der Waals surface area contributed by atoms with Gasteiger partial charge in [0.25, 0.3) is 0 Å². The maximum absolute atomic E-state index is 12.1. The van der Waals surface area contributed by atoms with E-state index in [1.54, 1.807) is 49.3 Å². The van der Waals surface area contributed by atoms with Crippen LogP contribution in [0.25, 0.3) is 0 Å². The van der Waals surface area contributed by atoms with E-state index < -0.39 is 0 Å². The summed E-state index contributed by atoms with van der Waals surface area (Å²) in [5.41, 5.74) is 2.65. The lowest BCUT2D eigenvalue weighted by Crippen LogP contribution is -2.22. The molecule has 0 spiro atoms. The molecule has 0 saturated heterocycles. The molecular formula is C22H27N3O3. The van der Waals surface area contributed by atoms with Crippen molar-refractivity contribution in [3.8, 4) is 5.75 Å². The van der Waals surface area contributed by atoms with Gasteiger partial charge < -0.3 is 20.3 Å². The smallest absolute Gasteiger partial charge is 0.243 e. The van der Waals surface area contributed by atoms with Gasteiger partial charge in [-0.3, -0.25) is 9.59 Å². The monoisotopic (exact) mass is 381 g/mol. The zero-order chi connectivity index (χ0) is 20.4. The van der Waals surface area contributed by atoms with Crippen molar-refractivity contribution in [2.75, 3.05) is 37.9 Å². The lowest BCUT2D eigenvalue weighted by Gasteiger charge is -2.11. The number of nitrogens with one attached hydrogen (secondary N) is 2. The molecule has 0 aliphatic carbocycles. The second kappa shape index (κ2) is 10.8. The molecule has 0 aliphatic heterocycles. The normalized spacial score (nSPS) is 10.1. The van der Waals surface area contributed by atoms with Crippen LogP contribution in [0.2, 0.25) is 0 Å². The third kappa shape index (κ3) is 7.15. The lowest BCUT2D eigenvalue weighted by molar-refractivity contribution is -0.128. The Morgan fingerprint density at radius 2 is 1.68 bits per heavy atom. The number of hydrogen-bond donors (Lipinski definition) is 2. The first-order valence-corrected chi connectivity index (χ1v) is 9.14. The fourth-order valence-corrected chi connectivity index (χ4v) is 2.44. The molecule has 2 aromatic carbocycles. The first-order chi connectivity index (χ1) is 13.5. The van der Waals surface area contributed by atoms with Crippen molar-refractivity contribution in [2.45, 2.75) is 12.8 Å². The average Bonchev–Trinajstić information content (AvgIpc) is 2.70. The van der Waals surface area contributed by atoms with E-state index in [2.05, 4.69) is 17.2 Å². The second-order valence-corrected chi connectivity index (χ2v) is 6.51. The number of anilines is 2. The quantitative estimate of drug-likeness (QED) is 0.620. The summed E-state index contributed by atoms with van der Waals surface area (Å²) in [6.45, 7) is 4.21. The van der Waals surface area contributed by atoms with Crippen molar-refractivity contribution in [1.82, 2.24) is 4.90 Å². The van der Waals surface area contributed by atoms with Crippen LogP contribution in [-0.4, -0.2) is 44.0 Å². The number of aryl methyl sites for hydroxylation is 1. The molecule has 0 atom stereocenters. The summed E-state index contributed by atoms with van der Waals surface area (Å²) >= 11 is 0. The minimum Gasteiger partial charge on any atom is -0.490 e. The molecule has 0 fully saturated rings. The average molecular weight is 381 g/mol. The second-order valence-electron chi connectivity index (χ2n) is 6.51. The zero-order valence-electron chi connectivity index (χ0n) is 16.4. The van der Waals surface area contributed by atoms with Gasteiger partial charge in [0.2, 0.25) is 11.8 Å². The summed E-state index contributed by atoms with van der Waals surface area (Å²) in [7, 11) is 3.51. The Labute approximate surface area is 166 Å². The van der Waals surface area contributed by atoms with Gasteiger partial charge in [-0.05, 0) is 48.4 Å². The van der Waals surface area contributed by atoms with Gasteiger partial charge in [0.1, 0.15) is 12.4 Å². The summed E-state index contributed by atoms with van der Waals surface area (Å²) in [6, 6.07) is 14.9. The topological polar surface area (TPSA) is 70.7 Å². The van der Waals surface area contributed by atoms with E-state index in [4.69, 9.17) is 4.74 Å². The molecule has 2 amide bonds. The Morgan fingerprint density at radius 1 is 1.04 bits per heavy atom. The molecule has 2 N–H and O–H groups in total. The summed E-state index contributed by atoms with van der Waals surface area (Å²) in [6.07, 6.45) is 2.86. The van der Waals surface area contributed by atoms with E-state index in [0.717, 1.165) is 17.0 Å². The van der Waals surface area contributed by atoms with Crippen LogP contribution in [0.5, 0.6) is 5.75 Å². The SMILES string of the molecule is C=CCOc1ccc(NC(=O)CNc2ccc(CCC(=O)N(C)C)cc2)cc1. The zero-order valence-corrected chi connectivity index (χ0v) is 16.4. The van der Waals surface area contributed by atoms with E-state index in [1.165, 1.54) is 0 Å². The van der Waals surface area contributed by atoms with Crippen molar-refractivity contribution in [3.63, 3.8) is 0 Å². The molecule has 148 valence electrons. The number of hydrogen-bond acceptors (Lipinski definition) is 4. The Kier molecular flexibility index (Phi) is 8.09. The summed E-state index contributed by atoms with van der Waals surface area (Å²) in [5.74, 6) is 0.697. The van der Waals surface area contributed by atoms with Gasteiger partial charge >= 0.3 is 0 Å². The van der Waals surface area contributed by atoms with Gasteiger partial charge in [-0.25, -0.2) is 0 Å². The van der Waals surface area contributed by atoms with Gasteiger partial charge in [-0.2, -0.15) is 0 Å². The van der Waals surface area contributed by atoms with Crippen LogP contribution in [-0.2, 0) is 16.0 Å². The lowest BCUT2D eigenvalue weighted by atomic mass is 10.1. The van der Waals surface area contributed by atoms with Crippen molar-refractivity contribution in [3.05, 3.63) is 66.7 Å². The maximum Gasteiger partial charge on any atom is 0.243 e. The third-order valence-electron chi connectivity index (χ3n) is 4.04. The Morgan fingerprint density at radius 3 is 2.29 bits per heavy atom. The molecule has 0 saturated carbocycles. The number of carbonyl (C=O) groups is 2. The predicted octanol–water partition coefficient (Wildman–Crippen LogP) is 3.32. The van der Waals surface area contributed by atoms with Gasteiger partial charge in [0.05, 0.1) is 6.54 Å². The van der Waals surface area contributed by atoms with Crippen LogP contribution < -0.4 is 15.4 Å². The minimum absolute atomic E-state index is 0.110. The highest BCUT2D eigenvalue weighted by atomic mass is 16.5. The largest absolute Gasteiger partial charge is 0.490 e. The standard InChI is InChI=1S/C22H27N3O3/c1-4-15-28-20-12-10-19(11-13-20)24-21(26)16-23-18-8-5-17(6-9-18)7-14-22(27)25(2)3/h4-6,8-13,23H,1,7,14-16H2,2-3H3,(H,24,26). The van der Waals surface area contributed by atoms with E-state index >= 15 is 0 Å². The first-order valence-electron chi connectivity index (χ1n) is 9.14. The number of nitrogens with zero attached hydrogens (tertiary/aromatic N) is 1. The van der Waals surface area contributed by atoms with Crippen molar-refractivity contribution in [2.24, 2.45) is 0 Å². The van der Waals surface area contributed by atoms with E-state index in [-0.39, 0.29) is 18.4 Å². The molecule has 0 bridgehead atoms. The third-order valence-corrected chi connectivity index (χ3v) is 4.04. The van der Waals surface area contributed by atoms with Gasteiger partial charge in [0.15, 0.2) is 0 Å². The van der Waals surface area contributed by atoms with E-state index in [9.17, 15) is 9.59 Å². The number of ether oxygens (including phenoxy) is 1. The molecule has 0 heterocycles. The molecule has 0 unspecified atom stereocenters. The van der Waals surface area contributed by atoms with Crippen LogP contribution in [0.1, 0.15) is 12.0 Å². The Bertz CT molecular complexity index is 784. The Balaban J connectivity index is 1.76. The van der Waals surface area contributed by atoms with Crippen molar-refractivity contribution >= 4 is 23.2 Å². The highest BCUT2D eigenvalue weighted by Gasteiger charge is 2.05.